The van der Waals surface area contributed by atoms with Crippen molar-refractivity contribution in [2.24, 2.45) is 5.84 Å². The van der Waals surface area contributed by atoms with E-state index in [4.69, 9.17) is 10.6 Å². The second-order valence-electron chi connectivity index (χ2n) is 5.40. The number of nitrogens with zero attached hydrogens (tertiary/aromatic N) is 2. The monoisotopic (exact) mass is 292 g/mol. The van der Waals surface area contributed by atoms with Gasteiger partial charge in [0, 0.05) is 31.5 Å². The highest BCUT2D eigenvalue weighted by Crippen LogP contribution is 2.16. The van der Waals surface area contributed by atoms with Crippen LogP contribution in [0.5, 0.6) is 0 Å². The summed E-state index contributed by atoms with van der Waals surface area (Å²) in [7, 11) is 1.81. The Morgan fingerprint density at radius 3 is 2.95 bits per heavy atom. The molecule has 1 aromatic heterocycles. The molecule has 6 heteroatoms. The van der Waals surface area contributed by atoms with Gasteiger partial charge in [-0.15, -0.1) is 0 Å². The number of carbonyl (C=O) groups excluding carboxylic acids is 1. The lowest BCUT2D eigenvalue weighted by Crippen LogP contribution is -2.37. The maximum atomic E-state index is 12.5. The average molecular weight is 292 g/mol. The first-order chi connectivity index (χ1) is 10.1. The van der Waals surface area contributed by atoms with E-state index in [2.05, 4.69) is 10.4 Å². The predicted molar refractivity (Wildman–Crippen MR) is 82.0 cm³/mol. The van der Waals surface area contributed by atoms with E-state index in [9.17, 15) is 4.79 Å². The number of hydrogen-bond donors (Lipinski definition) is 2. The van der Waals surface area contributed by atoms with Crippen LogP contribution >= 0.6 is 0 Å². The Kier molecular flexibility index (Phi) is 5.52. The van der Waals surface area contributed by atoms with Gasteiger partial charge in [-0.1, -0.05) is 6.92 Å². The zero-order valence-electron chi connectivity index (χ0n) is 12.8. The fraction of sp³-hybridized carbons (Fsp3) is 0.600. The van der Waals surface area contributed by atoms with Crippen molar-refractivity contribution < 1.29 is 9.53 Å². The number of rotatable bonds is 5. The van der Waals surface area contributed by atoms with E-state index in [0.717, 1.165) is 31.6 Å². The third-order valence-corrected chi connectivity index (χ3v) is 3.73. The predicted octanol–water partition coefficient (Wildman–Crippen LogP) is 1.57. The second-order valence-corrected chi connectivity index (χ2v) is 5.40. The second kappa shape index (κ2) is 7.38. The number of carbonyl (C=O) groups is 1. The molecule has 0 radical (unpaired) electrons. The first kappa shape index (κ1) is 15.7. The molecule has 3 N–H and O–H groups in total. The van der Waals surface area contributed by atoms with Gasteiger partial charge >= 0.3 is 0 Å². The molecule has 1 aromatic rings. The summed E-state index contributed by atoms with van der Waals surface area (Å²) in [5.41, 5.74) is 3.96. The summed E-state index contributed by atoms with van der Waals surface area (Å²) in [5.74, 6) is 5.89. The van der Waals surface area contributed by atoms with Crippen LogP contribution in [0, 0.1) is 0 Å². The number of amides is 1. The van der Waals surface area contributed by atoms with Gasteiger partial charge in [0.1, 0.15) is 5.82 Å². The van der Waals surface area contributed by atoms with E-state index < -0.39 is 0 Å². The lowest BCUT2D eigenvalue weighted by atomic mass is 10.1. The van der Waals surface area contributed by atoms with E-state index in [1.54, 1.807) is 11.0 Å². The molecule has 0 aromatic carbocycles. The van der Waals surface area contributed by atoms with Crippen LogP contribution < -0.4 is 11.3 Å². The number of aryl methyl sites for hydroxylation is 1. The van der Waals surface area contributed by atoms with Crippen molar-refractivity contribution in [3.05, 3.63) is 23.4 Å². The number of anilines is 1. The minimum Gasteiger partial charge on any atom is -0.376 e. The smallest absolute Gasteiger partial charge is 0.253 e. The number of hydrogen-bond acceptors (Lipinski definition) is 5. The Hall–Kier alpha value is -1.66. The van der Waals surface area contributed by atoms with Crippen LogP contribution in [0.2, 0.25) is 0 Å². The molecule has 0 saturated carbocycles. The zero-order valence-corrected chi connectivity index (χ0v) is 12.8. The molecular formula is C15H24N4O2. The molecule has 0 aliphatic carbocycles. The summed E-state index contributed by atoms with van der Waals surface area (Å²) in [6.45, 7) is 3.41. The Bertz CT molecular complexity index is 464. The molecule has 1 saturated heterocycles. The minimum absolute atomic E-state index is 0.0298. The quantitative estimate of drug-likeness (QED) is 0.636. The number of nitrogen functional groups attached to an aromatic ring is 1. The van der Waals surface area contributed by atoms with Gasteiger partial charge in [0.2, 0.25) is 0 Å². The molecule has 116 valence electrons. The van der Waals surface area contributed by atoms with Crippen LogP contribution in [0.4, 0.5) is 5.82 Å². The molecule has 1 aliphatic heterocycles. The molecule has 1 amide bonds. The molecule has 1 aliphatic rings. The van der Waals surface area contributed by atoms with Gasteiger partial charge in [0.05, 0.1) is 6.10 Å². The summed E-state index contributed by atoms with van der Waals surface area (Å²) >= 11 is 0. The van der Waals surface area contributed by atoms with Crippen molar-refractivity contribution in [1.29, 1.82) is 0 Å². The maximum Gasteiger partial charge on any atom is 0.253 e. The molecule has 1 atom stereocenters. The third-order valence-electron chi connectivity index (χ3n) is 3.73. The summed E-state index contributed by atoms with van der Waals surface area (Å²) in [5, 5.41) is 0. The van der Waals surface area contributed by atoms with Gasteiger partial charge in [0.25, 0.3) is 5.91 Å². The van der Waals surface area contributed by atoms with Crippen molar-refractivity contribution in [1.82, 2.24) is 9.88 Å². The molecule has 0 bridgehead atoms. The summed E-state index contributed by atoms with van der Waals surface area (Å²) in [6.07, 6.45) is 4.20. The number of ether oxygens (including phenoxy) is 1. The van der Waals surface area contributed by atoms with Gasteiger partial charge < -0.3 is 15.1 Å². The summed E-state index contributed by atoms with van der Waals surface area (Å²) < 4.78 is 5.69. The van der Waals surface area contributed by atoms with Gasteiger partial charge in [0.15, 0.2) is 0 Å². The number of aromatic nitrogens is 1. The van der Waals surface area contributed by atoms with Crippen molar-refractivity contribution in [2.75, 3.05) is 25.6 Å². The average Bonchev–Trinajstić information content (AvgIpc) is 2.54. The SMILES string of the molecule is CCc1cc(C(=O)N(C)CC2CCCCO2)cc(NN)n1. The summed E-state index contributed by atoms with van der Waals surface area (Å²) in [4.78, 5) is 18.5. The first-order valence-electron chi connectivity index (χ1n) is 7.48. The number of nitrogens with two attached hydrogens (primary N) is 1. The molecule has 6 nitrogen and oxygen atoms in total. The van der Waals surface area contributed by atoms with Crippen molar-refractivity contribution in [3.8, 4) is 0 Å². The number of likely N-dealkylation sites (N-methyl/N-ethyl adjacent to an activating group) is 1. The normalized spacial score (nSPS) is 18.3. The highest BCUT2D eigenvalue weighted by atomic mass is 16.5. The maximum absolute atomic E-state index is 12.5. The van der Waals surface area contributed by atoms with E-state index >= 15 is 0 Å². The van der Waals surface area contributed by atoms with Crippen molar-refractivity contribution in [3.63, 3.8) is 0 Å². The highest BCUT2D eigenvalue weighted by Gasteiger charge is 2.20. The van der Waals surface area contributed by atoms with Crippen LogP contribution in [0.3, 0.4) is 0 Å². The van der Waals surface area contributed by atoms with E-state index in [1.165, 1.54) is 6.42 Å². The molecule has 21 heavy (non-hydrogen) atoms. The summed E-state index contributed by atoms with van der Waals surface area (Å²) in [6, 6.07) is 3.50. The van der Waals surface area contributed by atoms with Crippen LogP contribution in [0.1, 0.15) is 42.2 Å². The van der Waals surface area contributed by atoms with Gasteiger partial charge in [-0.3, -0.25) is 4.79 Å². The van der Waals surface area contributed by atoms with E-state index in [1.807, 2.05) is 20.0 Å². The molecule has 2 heterocycles. The molecule has 0 spiro atoms. The largest absolute Gasteiger partial charge is 0.376 e. The molecule has 2 rings (SSSR count). The number of hydrazine groups is 1. The Balaban J connectivity index is 2.07. The van der Waals surface area contributed by atoms with Crippen LogP contribution in [0.15, 0.2) is 12.1 Å². The fourth-order valence-corrected chi connectivity index (χ4v) is 2.53. The third kappa shape index (κ3) is 4.15. The van der Waals surface area contributed by atoms with Gasteiger partial charge in [-0.2, -0.15) is 0 Å². The van der Waals surface area contributed by atoms with Crippen LogP contribution in [0.25, 0.3) is 0 Å². The van der Waals surface area contributed by atoms with Crippen molar-refractivity contribution in [2.45, 2.75) is 38.7 Å². The Labute approximate surface area is 125 Å². The van der Waals surface area contributed by atoms with Gasteiger partial charge in [-0.05, 0) is 37.8 Å². The molecule has 1 unspecified atom stereocenters. The topological polar surface area (TPSA) is 80.5 Å². The zero-order chi connectivity index (χ0) is 15.2. The highest BCUT2D eigenvalue weighted by molar-refractivity contribution is 5.94. The van der Waals surface area contributed by atoms with Gasteiger partial charge in [-0.25, -0.2) is 10.8 Å². The fourth-order valence-electron chi connectivity index (χ4n) is 2.53. The number of nitrogens with one attached hydrogen (secondary N) is 1. The van der Waals surface area contributed by atoms with Crippen LogP contribution in [-0.4, -0.2) is 42.1 Å². The lowest BCUT2D eigenvalue weighted by Gasteiger charge is -2.27. The minimum atomic E-state index is -0.0298. The van der Waals surface area contributed by atoms with Crippen LogP contribution in [-0.2, 0) is 11.2 Å². The first-order valence-corrected chi connectivity index (χ1v) is 7.48. The number of pyridine rings is 1. The molecular weight excluding hydrogens is 268 g/mol. The molecule has 1 fully saturated rings. The Morgan fingerprint density at radius 2 is 2.33 bits per heavy atom. The standard InChI is InChI=1S/C15H24N4O2/c1-3-12-8-11(9-14(17-12)18-16)15(20)19(2)10-13-6-4-5-7-21-13/h8-9,13H,3-7,10,16H2,1-2H3,(H,17,18). The van der Waals surface area contributed by atoms with E-state index in [0.29, 0.717) is 17.9 Å². The lowest BCUT2D eigenvalue weighted by molar-refractivity contribution is -0.000189. The van der Waals surface area contributed by atoms with E-state index in [-0.39, 0.29) is 12.0 Å². The Morgan fingerprint density at radius 1 is 1.52 bits per heavy atom. The van der Waals surface area contributed by atoms with Crippen molar-refractivity contribution >= 4 is 11.7 Å².